The van der Waals surface area contributed by atoms with Gasteiger partial charge >= 0.3 is 0 Å². The van der Waals surface area contributed by atoms with Crippen LogP contribution >= 0.6 is 11.3 Å². The quantitative estimate of drug-likeness (QED) is 0.803. The van der Waals surface area contributed by atoms with Crippen molar-refractivity contribution in [3.63, 3.8) is 0 Å². The average Bonchev–Trinajstić information content (AvgIpc) is 2.72. The molecule has 2 heterocycles. The molecule has 0 aliphatic carbocycles. The zero-order valence-electron chi connectivity index (χ0n) is 8.03. The molecule has 14 heavy (non-hydrogen) atoms. The van der Waals surface area contributed by atoms with Crippen molar-refractivity contribution in [2.24, 2.45) is 0 Å². The molecule has 2 rings (SSSR count). The monoisotopic (exact) mass is 209 g/mol. The Bertz CT molecular complexity index is 379. The predicted octanol–water partition coefficient (Wildman–Crippen LogP) is 1.49. The van der Waals surface area contributed by atoms with Crippen molar-refractivity contribution in [2.75, 3.05) is 5.32 Å². The van der Waals surface area contributed by atoms with Gasteiger partial charge in [0, 0.05) is 0 Å². The minimum absolute atomic E-state index is 0.704. The molecule has 0 amide bonds. The van der Waals surface area contributed by atoms with Gasteiger partial charge in [0.05, 0.1) is 18.4 Å². The summed E-state index contributed by atoms with van der Waals surface area (Å²) in [5.74, 6) is 0.926. The molecule has 2 aromatic rings. The summed E-state index contributed by atoms with van der Waals surface area (Å²) in [6.45, 7) is 4.57. The van der Waals surface area contributed by atoms with Crippen molar-refractivity contribution in [1.82, 2.24) is 20.2 Å². The molecular formula is C8H11N5S. The fourth-order valence-corrected chi connectivity index (χ4v) is 1.69. The highest BCUT2D eigenvalue weighted by Gasteiger charge is 2.00. The molecule has 0 aliphatic rings. The first kappa shape index (κ1) is 9.14. The van der Waals surface area contributed by atoms with Gasteiger partial charge in [-0.15, -0.1) is 10.2 Å². The van der Waals surface area contributed by atoms with Gasteiger partial charge in [0.15, 0.2) is 0 Å². The van der Waals surface area contributed by atoms with Crippen molar-refractivity contribution in [1.29, 1.82) is 0 Å². The van der Waals surface area contributed by atoms with Crippen LogP contribution in [0.2, 0.25) is 0 Å². The molecule has 0 bridgehead atoms. The molecule has 0 aromatic carbocycles. The number of imidazole rings is 1. The number of aromatic nitrogens is 4. The number of aryl methyl sites for hydroxylation is 2. The summed E-state index contributed by atoms with van der Waals surface area (Å²) < 4.78 is 0. The second kappa shape index (κ2) is 3.75. The van der Waals surface area contributed by atoms with Crippen molar-refractivity contribution >= 4 is 16.5 Å². The van der Waals surface area contributed by atoms with Crippen molar-refractivity contribution in [3.8, 4) is 0 Å². The minimum Gasteiger partial charge on any atom is -0.354 e. The van der Waals surface area contributed by atoms with E-state index in [9.17, 15) is 0 Å². The van der Waals surface area contributed by atoms with Gasteiger partial charge in [-0.1, -0.05) is 11.3 Å². The SMILES string of the molecule is Cc1ncc(CNc2nnc(C)s2)[nH]1. The molecule has 0 saturated carbocycles. The van der Waals surface area contributed by atoms with Gasteiger partial charge in [0.2, 0.25) is 5.13 Å². The highest BCUT2D eigenvalue weighted by atomic mass is 32.1. The topological polar surface area (TPSA) is 66.5 Å². The van der Waals surface area contributed by atoms with E-state index in [1.165, 1.54) is 0 Å². The first-order chi connectivity index (χ1) is 6.74. The van der Waals surface area contributed by atoms with Crippen LogP contribution in [-0.4, -0.2) is 20.2 Å². The van der Waals surface area contributed by atoms with E-state index in [0.717, 1.165) is 21.7 Å². The van der Waals surface area contributed by atoms with Crippen LogP contribution in [0.4, 0.5) is 5.13 Å². The lowest BCUT2D eigenvalue weighted by Gasteiger charge is -1.97. The van der Waals surface area contributed by atoms with E-state index in [2.05, 4.69) is 25.5 Å². The van der Waals surface area contributed by atoms with E-state index < -0.39 is 0 Å². The first-order valence-corrected chi connectivity index (χ1v) is 5.10. The third-order valence-electron chi connectivity index (χ3n) is 1.71. The highest BCUT2D eigenvalue weighted by molar-refractivity contribution is 7.15. The molecule has 0 spiro atoms. The molecule has 0 fully saturated rings. The molecule has 0 saturated heterocycles. The highest BCUT2D eigenvalue weighted by Crippen LogP contribution is 2.14. The van der Waals surface area contributed by atoms with Crippen molar-refractivity contribution < 1.29 is 0 Å². The summed E-state index contributed by atoms with van der Waals surface area (Å²) in [5, 5.41) is 12.9. The zero-order valence-corrected chi connectivity index (χ0v) is 8.85. The Hall–Kier alpha value is -1.43. The van der Waals surface area contributed by atoms with Gasteiger partial charge in [-0.05, 0) is 13.8 Å². The molecule has 0 unspecified atom stereocenters. The number of nitrogens with one attached hydrogen (secondary N) is 2. The van der Waals surface area contributed by atoms with Gasteiger partial charge in [0.25, 0.3) is 0 Å². The lowest BCUT2D eigenvalue weighted by Crippen LogP contribution is -1.99. The van der Waals surface area contributed by atoms with Gasteiger partial charge in [-0.2, -0.15) is 0 Å². The average molecular weight is 209 g/mol. The summed E-state index contributed by atoms with van der Waals surface area (Å²) in [6, 6.07) is 0. The number of hydrogen-bond acceptors (Lipinski definition) is 5. The second-order valence-electron chi connectivity index (χ2n) is 2.97. The number of aromatic amines is 1. The largest absolute Gasteiger partial charge is 0.354 e. The number of H-pyrrole nitrogens is 1. The number of hydrogen-bond donors (Lipinski definition) is 2. The second-order valence-corrected chi connectivity index (χ2v) is 4.16. The Morgan fingerprint density at radius 2 is 2.29 bits per heavy atom. The van der Waals surface area contributed by atoms with E-state index >= 15 is 0 Å². The molecule has 2 N–H and O–H groups in total. The number of nitrogens with zero attached hydrogens (tertiary/aromatic N) is 3. The van der Waals surface area contributed by atoms with Gasteiger partial charge in [-0.3, -0.25) is 0 Å². The lowest BCUT2D eigenvalue weighted by atomic mass is 10.5. The van der Waals surface area contributed by atoms with E-state index in [-0.39, 0.29) is 0 Å². The third kappa shape index (κ3) is 2.08. The van der Waals surface area contributed by atoms with Crippen molar-refractivity contribution in [3.05, 3.63) is 22.7 Å². The Morgan fingerprint density at radius 3 is 2.86 bits per heavy atom. The maximum Gasteiger partial charge on any atom is 0.205 e. The molecule has 2 aromatic heterocycles. The minimum atomic E-state index is 0.704. The molecule has 5 nitrogen and oxygen atoms in total. The molecule has 0 aliphatic heterocycles. The summed E-state index contributed by atoms with van der Waals surface area (Å²) in [4.78, 5) is 7.24. The van der Waals surface area contributed by atoms with E-state index in [0.29, 0.717) is 6.54 Å². The molecule has 0 radical (unpaired) electrons. The smallest absolute Gasteiger partial charge is 0.205 e. The van der Waals surface area contributed by atoms with Crippen LogP contribution in [0.15, 0.2) is 6.20 Å². The van der Waals surface area contributed by atoms with Crippen molar-refractivity contribution in [2.45, 2.75) is 20.4 Å². The Morgan fingerprint density at radius 1 is 1.43 bits per heavy atom. The number of rotatable bonds is 3. The lowest BCUT2D eigenvalue weighted by molar-refractivity contribution is 1.00. The van der Waals surface area contributed by atoms with Crippen LogP contribution in [0.5, 0.6) is 0 Å². The predicted molar refractivity (Wildman–Crippen MR) is 55.3 cm³/mol. The first-order valence-electron chi connectivity index (χ1n) is 4.28. The Kier molecular flexibility index (Phi) is 2.45. The molecular weight excluding hydrogens is 198 g/mol. The zero-order chi connectivity index (χ0) is 9.97. The molecule has 74 valence electrons. The fourth-order valence-electron chi connectivity index (χ4n) is 1.10. The summed E-state index contributed by atoms with van der Waals surface area (Å²) >= 11 is 1.55. The summed E-state index contributed by atoms with van der Waals surface area (Å²) in [6.07, 6.45) is 1.82. The molecule has 0 atom stereocenters. The number of anilines is 1. The third-order valence-corrected chi connectivity index (χ3v) is 2.51. The van der Waals surface area contributed by atoms with E-state index in [4.69, 9.17) is 0 Å². The van der Waals surface area contributed by atoms with Crippen LogP contribution in [0.1, 0.15) is 16.5 Å². The standard InChI is InChI=1S/C8H11N5S/c1-5-9-3-7(11-5)4-10-8-13-12-6(2)14-8/h3H,4H2,1-2H3,(H,9,11)(H,10,13). The summed E-state index contributed by atoms with van der Waals surface area (Å²) in [5.41, 5.74) is 1.05. The van der Waals surface area contributed by atoms with Crippen LogP contribution < -0.4 is 5.32 Å². The van der Waals surface area contributed by atoms with Gasteiger partial charge in [0.1, 0.15) is 10.8 Å². The van der Waals surface area contributed by atoms with Gasteiger partial charge < -0.3 is 10.3 Å². The normalized spacial score (nSPS) is 10.4. The van der Waals surface area contributed by atoms with Crippen LogP contribution in [0.25, 0.3) is 0 Å². The van der Waals surface area contributed by atoms with Gasteiger partial charge in [-0.25, -0.2) is 4.98 Å². The van der Waals surface area contributed by atoms with E-state index in [1.807, 2.05) is 20.0 Å². The fraction of sp³-hybridized carbons (Fsp3) is 0.375. The van der Waals surface area contributed by atoms with Crippen LogP contribution in [0.3, 0.4) is 0 Å². The maximum absolute atomic E-state index is 4.11. The van der Waals surface area contributed by atoms with Crippen LogP contribution in [0, 0.1) is 13.8 Å². The summed E-state index contributed by atoms with van der Waals surface area (Å²) in [7, 11) is 0. The Labute approximate surface area is 85.6 Å². The van der Waals surface area contributed by atoms with E-state index in [1.54, 1.807) is 11.3 Å². The Balaban J connectivity index is 1.94. The van der Waals surface area contributed by atoms with Crippen LogP contribution in [-0.2, 0) is 6.54 Å². The molecule has 6 heteroatoms. The maximum atomic E-state index is 4.11.